The van der Waals surface area contributed by atoms with Crippen molar-refractivity contribution in [1.82, 2.24) is 20.0 Å². The predicted molar refractivity (Wildman–Crippen MR) is 183 cm³/mol. The monoisotopic (exact) mass is 707 g/mol. The molecular formula is C35H42Cl2F3N5O3. The van der Waals surface area contributed by atoms with Crippen LogP contribution in [-0.4, -0.2) is 84.4 Å². The Morgan fingerprint density at radius 3 is 2.21 bits per heavy atom. The van der Waals surface area contributed by atoms with Crippen LogP contribution in [0.5, 0.6) is 5.75 Å². The first-order chi connectivity index (χ1) is 22.6. The molecule has 2 aromatic carbocycles. The van der Waals surface area contributed by atoms with Gasteiger partial charge in [0.15, 0.2) is 0 Å². The highest BCUT2D eigenvalue weighted by atomic mass is 35.5. The Kier molecular flexibility index (Phi) is 11.0. The Morgan fingerprint density at radius 2 is 1.60 bits per heavy atom. The molecule has 2 aromatic rings. The van der Waals surface area contributed by atoms with Gasteiger partial charge in [-0.15, -0.1) is 13.2 Å². The van der Waals surface area contributed by atoms with Crippen LogP contribution in [0.25, 0.3) is 5.57 Å². The van der Waals surface area contributed by atoms with Crippen molar-refractivity contribution in [2.24, 2.45) is 10.4 Å². The third kappa shape index (κ3) is 9.25. The minimum absolute atomic E-state index is 0.269. The zero-order valence-corrected chi connectivity index (χ0v) is 29.2. The van der Waals surface area contributed by atoms with Crippen LogP contribution in [0.15, 0.2) is 65.4 Å². The van der Waals surface area contributed by atoms with Crippen molar-refractivity contribution in [3.05, 3.63) is 81.6 Å². The second-order valence-electron chi connectivity index (χ2n) is 13.6. The molecule has 1 unspecified atom stereocenters. The molecule has 0 spiro atoms. The lowest BCUT2D eigenvalue weighted by atomic mass is 9.74. The predicted octanol–water partition coefficient (Wildman–Crippen LogP) is 7.97. The number of fused-ring (bicyclic) bond motifs is 1. The Balaban J connectivity index is 1.26. The number of piperazine rings is 1. The fourth-order valence-corrected chi connectivity index (χ4v) is 6.91. The highest BCUT2D eigenvalue weighted by molar-refractivity contribution is 6.36. The Morgan fingerprint density at radius 1 is 0.979 bits per heavy atom. The van der Waals surface area contributed by atoms with Crippen LogP contribution in [0, 0.1) is 5.41 Å². The third-order valence-electron chi connectivity index (χ3n) is 8.57. The molecule has 0 bridgehead atoms. The van der Waals surface area contributed by atoms with Gasteiger partial charge in [-0.1, -0.05) is 41.4 Å². The average molecular weight is 709 g/mol. The number of alkyl carbamates (subject to hydrolysis) is 1. The van der Waals surface area contributed by atoms with Gasteiger partial charge < -0.3 is 19.7 Å². The average Bonchev–Trinajstić information content (AvgIpc) is 3.28. The maximum atomic E-state index is 12.8. The van der Waals surface area contributed by atoms with E-state index in [9.17, 15) is 18.0 Å². The largest absolute Gasteiger partial charge is 0.573 e. The summed E-state index contributed by atoms with van der Waals surface area (Å²) in [5.41, 5.74) is 2.80. The number of amidine groups is 1. The van der Waals surface area contributed by atoms with E-state index in [-0.39, 0.29) is 5.75 Å². The minimum atomic E-state index is -4.76. The summed E-state index contributed by atoms with van der Waals surface area (Å²) in [7, 11) is 0. The fourth-order valence-electron chi connectivity index (χ4n) is 6.39. The molecule has 1 saturated heterocycles. The number of carbonyl (C=O) groups excluding carboxylic acids is 1. The van der Waals surface area contributed by atoms with Gasteiger partial charge >= 0.3 is 12.5 Å². The fraction of sp³-hybridized carbons (Fsp3) is 0.486. The van der Waals surface area contributed by atoms with E-state index < -0.39 is 23.5 Å². The minimum Gasteiger partial charge on any atom is -0.444 e. The van der Waals surface area contributed by atoms with E-state index in [4.69, 9.17) is 32.9 Å². The van der Waals surface area contributed by atoms with E-state index in [1.807, 2.05) is 51.4 Å². The number of hydrogen-bond acceptors (Lipinski definition) is 7. The molecule has 3 aliphatic heterocycles. The molecule has 1 amide bonds. The number of carbonyl (C=O) groups is 1. The van der Waals surface area contributed by atoms with Crippen LogP contribution < -0.4 is 10.1 Å². The van der Waals surface area contributed by atoms with E-state index in [1.54, 1.807) is 12.1 Å². The van der Waals surface area contributed by atoms with Gasteiger partial charge in [-0.3, -0.25) is 9.80 Å². The molecule has 0 aromatic heterocycles. The second-order valence-corrected chi connectivity index (χ2v) is 14.4. The lowest BCUT2D eigenvalue weighted by molar-refractivity contribution is -0.274. The molecule has 8 nitrogen and oxygen atoms in total. The Labute approximate surface area is 290 Å². The van der Waals surface area contributed by atoms with Gasteiger partial charge in [0.05, 0.1) is 5.41 Å². The van der Waals surface area contributed by atoms with Gasteiger partial charge in [-0.2, -0.15) is 0 Å². The first-order valence-electron chi connectivity index (χ1n) is 16.1. The van der Waals surface area contributed by atoms with Gasteiger partial charge in [0.2, 0.25) is 0 Å². The zero-order chi connectivity index (χ0) is 34.7. The summed E-state index contributed by atoms with van der Waals surface area (Å²) < 4.78 is 47.9. The zero-order valence-electron chi connectivity index (χ0n) is 27.7. The summed E-state index contributed by atoms with van der Waals surface area (Å²) in [5.74, 6) is 0.602. The van der Waals surface area contributed by atoms with Gasteiger partial charge in [0, 0.05) is 80.4 Å². The number of benzene rings is 2. The van der Waals surface area contributed by atoms with Crippen molar-refractivity contribution in [1.29, 1.82) is 0 Å². The lowest BCUT2D eigenvalue weighted by Gasteiger charge is -2.38. The molecule has 13 heteroatoms. The number of alkyl halides is 3. The van der Waals surface area contributed by atoms with Gasteiger partial charge in [-0.05, 0) is 81.5 Å². The number of halogens is 5. The van der Waals surface area contributed by atoms with E-state index in [2.05, 4.69) is 31.7 Å². The number of ether oxygens (including phenoxy) is 2. The molecule has 48 heavy (non-hydrogen) atoms. The van der Waals surface area contributed by atoms with Crippen molar-refractivity contribution in [2.75, 3.05) is 45.8 Å². The molecule has 1 fully saturated rings. The number of amides is 1. The van der Waals surface area contributed by atoms with Gasteiger partial charge in [0.25, 0.3) is 0 Å². The van der Waals surface area contributed by atoms with Crippen LogP contribution in [-0.2, 0) is 11.3 Å². The van der Waals surface area contributed by atoms with E-state index in [1.165, 1.54) is 17.7 Å². The molecule has 3 heterocycles. The van der Waals surface area contributed by atoms with Crippen LogP contribution >= 0.6 is 23.2 Å². The molecule has 0 aliphatic carbocycles. The lowest BCUT2D eigenvalue weighted by Crippen LogP contribution is -2.47. The second kappa shape index (κ2) is 14.7. The molecule has 1 N–H and O–H groups in total. The first kappa shape index (κ1) is 36.0. The molecule has 1 atom stereocenters. The number of aliphatic imine (C=N–C) groups is 1. The molecule has 3 aliphatic rings. The molecule has 0 radical (unpaired) electrons. The maximum Gasteiger partial charge on any atom is 0.573 e. The standard InChI is InChI=1S/C35H42Cl2F3N5O3/c1-33(2,3)48-32(46)41-13-6-14-45-23-28(25-9-11-26(12-10-25)47-35(38,39)40)34(4)19-24(20-42-31(34)45)21-43-15-17-44(18-16-43)22-27-29(36)7-5-8-30(27)37/h5,7-12,20,23H,6,13-19,21-22H2,1-4H3,(H,41,46). The quantitative estimate of drug-likeness (QED) is 0.253. The number of nitrogens with zero attached hydrogens (tertiary/aromatic N) is 4. The summed E-state index contributed by atoms with van der Waals surface area (Å²) in [4.78, 5) is 23.9. The van der Waals surface area contributed by atoms with E-state index in [0.717, 1.165) is 55.3 Å². The summed E-state index contributed by atoms with van der Waals surface area (Å²) in [5, 5.41) is 4.15. The van der Waals surface area contributed by atoms with Gasteiger partial charge in [0.1, 0.15) is 17.2 Å². The summed E-state index contributed by atoms with van der Waals surface area (Å²) in [6.45, 7) is 13.6. The van der Waals surface area contributed by atoms with Crippen molar-refractivity contribution < 1.29 is 27.4 Å². The molecule has 0 saturated carbocycles. The molecular weight excluding hydrogens is 666 g/mol. The molecule has 260 valence electrons. The number of nitrogens with one attached hydrogen (secondary N) is 1. The maximum absolute atomic E-state index is 12.8. The first-order valence-corrected chi connectivity index (χ1v) is 16.8. The summed E-state index contributed by atoms with van der Waals surface area (Å²) in [6, 6.07) is 11.6. The van der Waals surface area contributed by atoms with Crippen molar-refractivity contribution in [3.63, 3.8) is 0 Å². The smallest absolute Gasteiger partial charge is 0.444 e. The molecule has 5 rings (SSSR count). The number of rotatable bonds is 10. The Bertz CT molecular complexity index is 1540. The Hall–Kier alpha value is -3.25. The van der Waals surface area contributed by atoms with E-state index >= 15 is 0 Å². The van der Waals surface area contributed by atoms with Crippen molar-refractivity contribution >= 4 is 40.7 Å². The van der Waals surface area contributed by atoms with Crippen LogP contribution in [0.2, 0.25) is 10.0 Å². The van der Waals surface area contributed by atoms with Crippen LogP contribution in [0.4, 0.5) is 18.0 Å². The highest BCUT2D eigenvalue weighted by Crippen LogP contribution is 2.49. The SMILES string of the molecule is CC(C)(C)OC(=O)NCCCN1C=C(c2ccc(OC(F)(F)F)cc2)C2(C)CC(CN3CCN(Cc4c(Cl)cccc4Cl)CC3)=CN=C12. The normalized spacial score (nSPS) is 20.5. The van der Waals surface area contributed by atoms with Crippen molar-refractivity contribution in [3.8, 4) is 5.75 Å². The third-order valence-corrected chi connectivity index (χ3v) is 9.28. The van der Waals surface area contributed by atoms with Crippen LogP contribution in [0.1, 0.15) is 51.7 Å². The summed E-state index contributed by atoms with van der Waals surface area (Å²) in [6.07, 6.45) is 0.0942. The van der Waals surface area contributed by atoms with Crippen LogP contribution in [0.3, 0.4) is 0 Å². The van der Waals surface area contributed by atoms with Crippen molar-refractivity contribution in [2.45, 2.75) is 59.0 Å². The number of hydrogen-bond donors (Lipinski definition) is 1. The highest BCUT2D eigenvalue weighted by Gasteiger charge is 2.45. The summed E-state index contributed by atoms with van der Waals surface area (Å²) >= 11 is 12.8. The van der Waals surface area contributed by atoms with E-state index in [0.29, 0.717) is 42.5 Å². The topological polar surface area (TPSA) is 69.6 Å². The van der Waals surface area contributed by atoms with Gasteiger partial charge in [-0.25, -0.2) is 9.79 Å².